The minimum atomic E-state index is -0.0827. The molecule has 4 heteroatoms. The summed E-state index contributed by atoms with van der Waals surface area (Å²) in [5.74, 6) is 0.0481. The number of nitrogens with zero attached hydrogens (tertiary/aromatic N) is 1. The number of hydrogen-bond donors (Lipinski definition) is 0. The van der Waals surface area contributed by atoms with Gasteiger partial charge in [-0.3, -0.25) is 4.79 Å². The first-order valence-corrected chi connectivity index (χ1v) is 7.83. The molecule has 2 rings (SSSR count). The fraction of sp³-hybridized carbons (Fsp3) is 0.250. The van der Waals surface area contributed by atoms with Gasteiger partial charge in [-0.25, -0.2) is 4.99 Å². The highest BCUT2D eigenvalue weighted by Gasteiger charge is 2.25. The van der Waals surface area contributed by atoms with Crippen LogP contribution in [0.3, 0.4) is 0 Å². The summed E-state index contributed by atoms with van der Waals surface area (Å²) in [6, 6.07) is 7.91. The van der Waals surface area contributed by atoms with Crippen molar-refractivity contribution in [3.05, 3.63) is 50.1 Å². The number of carbonyl (C=O) groups excluding carboxylic acids is 1. The Balaban J connectivity index is 2.48. The number of allylic oxidation sites excluding steroid dienone is 4. The third kappa shape index (κ3) is 3.20. The SMILES string of the molecule is CC1=C(Cl)C(=O)C(C(C)C)=CC1=Nc1ccc(I)cc1. The normalized spacial score (nSPS) is 18.0. The second kappa shape index (κ2) is 6.22. The average molecular weight is 400 g/mol. The Bertz CT molecular complexity index is 639. The third-order valence-electron chi connectivity index (χ3n) is 3.17. The number of halogens is 2. The molecule has 2 nitrogen and oxygen atoms in total. The molecule has 0 saturated heterocycles. The number of carbonyl (C=O) groups is 1. The van der Waals surface area contributed by atoms with E-state index < -0.39 is 0 Å². The number of rotatable bonds is 2. The number of hydrogen-bond acceptors (Lipinski definition) is 2. The number of benzene rings is 1. The van der Waals surface area contributed by atoms with E-state index >= 15 is 0 Å². The maximum absolute atomic E-state index is 12.1. The predicted octanol–water partition coefficient (Wildman–Crippen LogP) is 5.04. The largest absolute Gasteiger partial charge is 0.288 e. The Kier molecular flexibility index (Phi) is 4.81. The lowest BCUT2D eigenvalue weighted by Crippen LogP contribution is -2.18. The van der Waals surface area contributed by atoms with Crippen LogP contribution in [0.2, 0.25) is 0 Å². The molecule has 0 fully saturated rings. The predicted molar refractivity (Wildman–Crippen MR) is 92.7 cm³/mol. The van der Waals surface area contributed by atoms with Gasteiger partial charge in [0.25, 0.3) is 0 Å². The van der Waals surface area contributed by atoms with Gasteiger partial charge in [-0.2, -0.15) is 0 Å². The summed E-state index contributed by atoms with van der Waals surface area (Å²) in [6.45, 7) is 5.80. The number of ketones is 1. The van der Waals surface area contributed by atoms with Gasteiger partial charge in [-0.05, 0) is 71.3 Å². The van der Waals surface area contributed by atoms with Gasteiger partial charge >= 0.3 is 0 Å². The maximum atomic E-state index is 12.1. The van der Waals surface area contributed by atoms with Crippen molar-refractivity contribution in [3.63, 3.8) is 0 Å². The molecule has 0 atom stereocenters. The van der Waals surface area contributed by atoms with E-state index in [0.717, 1.165) is 20.5 Å². The molecule has 0 heterocycles. The van der Waals surface area contributed by atoms with Crippen molar-refractivity contribution in [1.29, 1.82) is 0 Å². The van der Waals surface area contributed by atoms with Crippen molar-refractivity contribution in [2.24, 2.45) is 10.9 Å². The first kappa shape index (κ1) is 15.4. The van der Waals surface area contributed by atoms with E-state index in [1.807, 2.05) is 51.1 Å². The molecule has 0 unspecified atom stereocenters. The van der Waals surface area contributed by atoms with E-state index in [1.165, 1.54) is 0 Å². The smallest absolute Gasteiger partial charge is 0.201 e. The van der Waals surface area contributed by atoms with Crippen molar-refractivity contribution in [1.82, 2.24) is 0 Å². The highest BCUT2D eigenvalue weighted by Crippen LogP contribution is 2.28. The quantitative estimate of drug-likeness (QED) is 0.506. The molecule has 0 saturated carbocycles. The van der Waals surface area contributed by atoms with Crippen LogP contribution < -0.4 is 0 Å². The number of Topliss-reactive ketones (excluding diaryl/α,β-unsaturated/α-hetero) is 1. The zero-order valence-electron chi connectivity index (χ0n) is 11.6. The second-order valence-electron chi connectivity index (χ2n) is 5.00. The van der Waals surface area contributed by atoms with Gasteiger partial charge in [0.05, 0.1) is 16.4 Å². The Hall–Kier alpha value is -0.940. The van der Waals surface area contributed by atoms with Crippen LogP contribution in [-0.2, 0) is 4.79 Å². The topological polar surface area (TPSA) is 29.4 Å². The molecule has 1 aliphatic rings. The molecule has 0 spiro atoms. The highest BCUT2D eigenvalue weighted by molar-refractivity contribution is 14.1. The lowest BCUT2D eigenvalue weighted by atomic mass is 9.90. The highest BCUT2D eigenvalue weighted by atomic mass is 127. The van der Waals surface area contributed by atoms with E-state index in [1.54, 1.807) is 0 Å². The van der Waals surface area contributed by atoms with Crippen molar-refractivity contribution in [2.75, 3.05) is 0 Å². The van der Waals surface area contributed by atoms with Gasteiger partial charge in [0, 0.05) is 9.14 Å². The molecule has 0 amide bonds. The van der Waals surface area contributed by atoms with E-state index in [2.05, 4.69) is 27.6 Å². The van der Waals surface area contributed by atoms with Crippen molar-refractivity contribution in [3.8, 4) is 0 Å². The van der Waals surface area contributed by atoms with E-state index in [0.29, 0.717) is 5.57 Å². The standard InChI is InChI=1S/C16H15ClINO/c1-9(2)13-8-14(10(3)15(17)16(13)20)19-12-6-4-11(18)5-7-12/h4-9H,1-3H3. The van der Waals surface area contributed by atoms with Crippen molar-refractivity contribution < 1.29 is 4.79 Å². The van der Waals surface area contributed by atoms with Gasteiger partial charge < -0.3 is 0 Å². The van der Waals surface area contributed by atoms with Crippen LogP contribution in [0.5, 0.6) is 0 Å². The van der Waals surface area contributed by atoms with Crippen LogP contribution in [0.25, 0.3) is 0 Å². The van der Waals surface area contributed by atoms with E-state index in [9.17, 15) is 4.79 Å². The Morgan fingerprint density at radius 3 is 2.35 bits per heavy atom. The van der Waals surface area contributed by atoms with Crippen LogP contribution in [-0.4, -0.2) is 11.5 Å². The minimum Gasteiger partial charge on any atom is -0.288 e. The fourth-order valence-electron chi connectivity index (χ4n) is 1.93. The Morgan fingerprint density at radius 1 is 1.20 bits per heavy atom. The van der Waals surface area contributed by atoms with E-state index in [-0.39, 0.29) is 16.7 Å². The van der Waals surface area contributed by atoms with Gasteiger partial charge in [0.15, 0.2) is 0 Å². The van der Waals surface area contributed by atoms with Crippen LogP contribution >= 0.6 is 34.2 Å². The minimum absolute atomic E-state index is 0.0827. The molecule has 20 heavy (non-hydrogen) atoms. The van der Waals surface area contributed by atoms with E-state index in [4.69, 9.17) is 11.6 Å². The van der Waals surface area contributed by atoms with Gasteiger partial charge in [0.2, 0.25) is 5.78 Å². The Labute approximate surface area is 137 Å². The van der Waals surface area contributed by atoms with Gasteiger partial charge in [-0.1, -0.05) is 25.4 Å². The molecule has 0 bridgehead atoms. The molecule has 1 aromatic rings. The summed E-state index contributed by atoms with van der Waals surface area (Å²) in [4.78, 5) is 16.7. The van der Waals surface area contributed by atoms with Crippen LogP contribution in [0, 0.1) is 9.49 Å². The van der Waals surface area contributed by atoms with Crippen LogP contribution in [0.4, 0.5) is 5.69 Å². The monoisotopic (exact) mass is 399 g/mol. The maximum Gasteiger partial charge on any atom is 0.201 e. The molecule has 1 aliphatic carbocycles. The van der Waals surface area contributed by atoms with Crippen molar-refractivity contribution >= 4 is 51.4 Å². The molecule has 0 radical (unpaired) electrons. The first-order valence-electron chi connectivity index (χ1n) is 6.37. The molecular formula is C16H15ClINO. The van der Waals surface area contributed by atoms with Crippen molar-refractivity contribution in [2.45, 2.75) is 20.8 Å². The molecular weight excluding hydrogens is 385 g/mol. The van der Waals surface area contributed by atoms with Crippen LogP contribution in [0.1, 0.15) is 20.8 Å². The average Bonchev–Trinajstić information content (AvgIpc) is 2.41. The molecule has 0 aromatic heterocycles. The lowest BCUT2D eigenvalue weighted by Gasteiger charge is -2.18. The summed E-state index contributed by atoms with van der Waals surface area (Å²) >= 11 is 8.40. The molecule has 104 valence electrons. The molecule has 0 N–H and O–H groups in total. The first-order chi connectivity index (χ1) is 9.40. The van der Waals surface area contributed by atoms with Gasteiger partial charge in [0.1, 0.15) is 0 Å². The van der Waals surface area contributed by atoms with Crippen LogP contribution in [0.15, 0.2) is 51.5 Å². The lowest BCUT2D eigenvalue weighted by molar-refractivity contribution is -0.112. The molecule has 0 aliphatic heterocycles. The summed E-state index contributed by atoms with van der Waals surface area (Å²) in [5.41, 5.74) is 3.07. The fourth-order valence-corrected chi connectivity index (χ4v) is 2.50. The Morgan fingerprint density at radius 2 is 1.80 bits per heavy atom. The summed E-state index contributed by atoms with van der Waals surface area (Å²) in [5, 5.41) is 0.278. The second-order valence-corrected chi connectivity index (χ2v) is 6.62. The summed E-state index contributed by atoms with van der Waals surface area (Å²) in [6.07, 6.45) is 1.85. The zero-order chi connectivity index (χ0) is 14.9. The third-order valence-corrected chi connectivity index (χ3v) is 4.34. The summed E-state index contributed by atoms with van der Waals surface area (Å²) in [7, 11) is 0. The summed E-state index contributed by atoms with van der Waals surface area (Å²) < 4.78 is 1.16. The van der Waals surface area contributed by atoms with Gasteiger partial charge in [-0.15, -0.1) is 0 Å². The molecule has 1 aromatic carbocycles. The zero-order valence-corrected chi connectivity index (χ0v) is 14.5. The number of aliphatic imine (C=N–C) groups is 1.